The lowest BCUT2D eigenvalue weighted by Crippen LogP contribution is -2.30. The van der Waals surface area contributed by atoms with Gasteiger partial charge in [0.15, 0.2) is 0 Å². The molecule has 4 heteroatoms. The van der Waals surface area contributed by atoms with Crippen molar-refractivity contribution in [2.24, 2.45) is 11.8 Å². The zero-order valence-corrected chi connectivity index (χ0v) is 9.03. The molecule has 4 N–H and O–H groups in total. The molecule has 0 aliphatic heterocycles. The molecule has 0 amide bonds. The van der Waals surface area contributed by atoms with Crippen LogP contribution >= 0.6 is 0 Å². The molecule has 15 heavy (non-hydrogen) atoms. The van der Waals surface area contributed by atoms with Crippen LogP contribution in [0.3, 0.4) is 0 Å². The molecule has 1 atom stereocenters. The number of nitrogens with zero attached hydrogens (tertiary/aromatic N) is 1. The number of aromatic nitrogens is 1. The molecule has 1 fully saturated rings. The van der Waals surface area contributed by atoms with E-state index < -0.39 is 0 Å². The van der Waals surface area contributed by atoms with Crippen molar-refractivity contribution in [1.82, 2.24) is 4.98 Å². The van der Waals surface area contributed by atoms with Crippen LogP contribution < -0.4 is 16.6 Å². The second-order valence-electron chi connectivity index (χ2n) is 4.20. The molecule has 1 saturated carbocycles. The van der Waals surface area contributed by atoms with E-state index in [0.717, 1.165) is 11.6 Å². The maximum atomic E-state index is 5.31. The average molecular weight is 206 g/mol. The van der Waals surface area contributed by atoms with E-state index in [1.54, 1.807) is 6.20 Å². The Bertz CT molecular complexity index is 322. The molecule has 1 unspecified atom stereocenters. The maximum absolute atomic E-state index is 5.31. The van der Waals surface area contributed by atoms with Gasteiger partial charge in [0.1, 0.15) is 5.82 Å². The van der Waals surface area contributed by atoms with Crippen molar-refractivity contribution in [2.45, 2.75) is 32.2 Å². The highest BCUT2D eigenvalue weighted by Crippen LogP contribution is 2.31. The molecule has 4 nitrogen and oxygen atoms in total. The van der Waals surface area contributed by atoms with Gasteiger partial charge in [-0.3, -0.25) is 0 Å². The van der Waals surface area contributed by atoms with E-state index in [1.165, 1.54) is 19.3 Å². The van der Waals surface area contributed by atoms with E-state index in [1.807, 2.05) is 12.1 Å². The van der Waals surface area contributed by atoms with Gasteiger partial charge >= 0.3 is 0 Å². The van der Waals surface area contributed by atoms with Crippen molar-refractivity contribution < 1.29 is 0 Å². The monoisotopic (exact) mass is 206 g/mol. The summed E-state index contributed by atoms with van der Waals surface area (Å²) in [5.41, 5.74) is 3.63. The highest BCUT2D eigenvalue weighted by molar-refractivity contribution is 5.51. The third kappa shape index (κ3) is 2.39. The Morgan fingerprint density at radius 3 is 2.93 bits per heavy atom. The van der Waals surface area contributed by atoms with Crippen LogP contribution in [0, 0.1) is 5.92 Å². The van der Waals surface area contributed by atoms with Crippen LogP contribution in [0.4, 0.5) is 11.5 Å². The van der Waals surface area contributed by atoms with Gasteiger partial charge in [0.2, 0.25) is 0 Å². The van der Waals surface area contributed by atoms with Crippen molar-refractivity contribution in [1.29, 1.82) is 0 Å². The van der Waals surface area contributed by atoms with Gasteiger partial charge in [0, 0.05) is 24.0 Å². The largest absolute Gasteiger partial charge is 0.382 e. The smallest absolute Gasteiger partial charge is 0.141 e. The normalized spacial score (nSPS) is 18.0. The summed E-state index contributed by atoms with van der Waals surface area (Å²) in [6.07, 6.45) is 5.83. The van der Waals surface area contributed by atoms with Crippen molar-refractivity contribution in [3.63, 3.8) is 0 Å². The van der Waals surface area contributed by atoms with Crippen LogP contribution in [0.2, 0.25) is 0 Å². The van der Waals surface area contributed by atoms with Gasteiger partial charge in [-0.15, -0.1) is 0 Å². The molecule has 0 spiro atoms. The Hall–Kier alpha value is -1.29. The third-order valence-corrected chi connectivity index (χ3v) is 3.16. The van der Waals surface area contributed by atoms with Gasteiger partial charge in [0.05, 0.1) is 0 Å². The van der Waals surface area contributed by atoms with E-state index in [4.69, 9.17) is 5.84 Å². The molecular weight excluding hydrogens is 188 g/mol. The minimum Gasteiger partial charge on any atom is -0.382 e. The first kappa shape index (κ1) is 10.2. The van der Waals surface area contributed by atoms with Gasteiger partial charge in [-0.1, -0.05) is 6.42 Å². The first-order valence-corrected chi connectivity index (χ1v) is 5.49. The fraction of sp³-hybridized carbons (Fsp3) is 0.545. The van der Waals surface area contributed by atoms with E-state index in [-0.39, 0.29) is 0 Å². The summed E-state index contributed by atoms with van der Waals surface area (Å²) in [5.74, 6) is 6.83. The van der Waals surface area contributed by atoms with Crippen molar-refractivity contribution in [2.75, 3.05) is 10.7 Å². The number of hydrogen-bond donors (Lipinski definition) is 3. The Morgan fingerprint density at radius 1 is 1.53 bits per heavy atom. The predicted octanol–water partition coefficient (Wildman–Crippen LogP) is 1.97. The summed E-state index contributed by atoms with van der Waals surface area (Å²) >= 11 is 0. The van der Waals surface area contributed by atoms with E-state index in [9.17, 15) is 0 Å². The number of anilines is 2. The van der Waals surface area contributed by atoms with E-state index >= 15 is 0 Å². The summed E-state index contributed by atoms with van der Waals surface area (Å²) in [5, 5.41) is 3.48. The standard InChI is InChI=1S/C11H18N4/c1-8(9-3-2-4-9)14-10-5-6-13-11(7-10)15-12/h5-9H,2-4,12H2,1H3,(H2,13,14,15). The number of nitrogens with two attached hydrogens (primary N) is 1. The molecule has 0 saturated heterocycles. The second kappa shape index (κ2) is 4.49. The van der Waals surface area contributed by atoms with Gasteiger partial charge in [-0.05, 0) is 31.7 Å². The minimum absolute atomic E-state index is 0.534. The Kier molecular flexibility index (Phi) is 3.06. The maximum Gasteiger partial charge on any atom is 0.141 e. The van der Waals surface area contributed by atoms with Gasteiger partial charge < -0.3 is 10.7 Å². The van der Waals surface area contributed by atoms with Crippen LogP contribution in [0.5, 0.6) is 0 Å². The number of pyridine rings is 1. The Balaban J connectivity index is 1.96. The number of rotatable bonds is 4. The molecule has 0 aromatic carbocycles. The van der Waals surface area contributed by atoms with Gasteiger partial charge in [-0.2, -0.15) is 0 Å². The van der Waals surface area contributed by atoms with Crippen molar-refractivity contribution in [3.05, 3.63) is 18.3 Å². The van der Waals surface area contributed by atoms with Crippen LogP contribution in [0.15, 0.2) is 18.3 Å². The molecule has 1 aliphatic carbocycles. The lowest BCUT2D eigenvalue weighted by atomic mass is 9.80. The average Bonchev–Trinajstić information content (AvgIpc) is 2.15. The Labute approximate surface area is 90.2 Å². The molecule has 1 aromatic rings. The van der Waals surface area contributed by atoms with E-state index in [2.05, 4.69) is 22.7 Å². The number of nitrogens with one attached hydrogen (secondary N) is 2. The van der Waals surface area contributed by atoms with Crippen LogP contribution in [-0.4, -0.2) is 11.0 Å². The van der Waals surface area contributed by atoms with Gasteiger partial charge in [-0.25, -0.2) is 10.8 Å². The molecule has 0 radical (unpaired) electrons. The first-order chi connectivity index (χ1) is 7.29. The topological polar surface area (TPSA) is 63.0 Å². The lowest BCUT2D eigenvalue weighted by molar-refractivity contribution is 0.285. The summed E-state index contributed by atoms with van der Waals surface area (Å²) in [6, 6.07) is 4.43. The minimum atomic E-state index is 0.534. The molecule has 1 aromatic heterocycles. The Morgan fingerprint density at radius 2 is 2.33 bits per heavy atom. The highest BCUT2D eigenvalue weighted by atomic mass is 15.2. The highest BCUT2D eigenvalue weighted by Gasteiger charge is 2.23. The molecule has 1 heterocycles. The SMILES string of the molecule is CC(Nc1ccnc(NN)c1)C1CCC1. The summed E-state index contributed by atoms with van der Waals surface area (Å²) in [4.78, 5) is 4.07. The van der Waals surface area contributed by atoms with Crippen LogP contribution in [0.1, 0.15) is 26.2 Å². The molecule has 0 bridgehead atoms. The van der Waals surface area contributed by atoms with Gasteiger partial charge in [0.25, 0.3) is 0 Å². The number of nitrogen functional groups attached to an aromatic ring is 1. The summed E-state index contributed by atoms with van der Waals surface area (Å²) in [7, 11) is 0. The first-order valence-electron chi connectivity index (χ1n) is 5.49. The summed E-state index contributed by atoms with van der Waals surface area (Å²) < 4.78 is 0. The fourth-order valence-corrected chi connectivity index (χ4v) is 1.92. The zero-order valence-electron chi connectivity index (χ0n) is 9.03. The molecular formula is C11H18N4. The quantitative estimate of drug-likeness (QED) is 0.520. The zero-order chi connectivity index (χ0) is 10.7. The van der Waals surface area contributed by atoms with Crippen LogP contribution in [-0.2, 0) is 0 Å². The number of hydrazine groups is 1. The lowest BCUT2D eigenvalue weighted by Gasteiger charge is -2.32. The molecule has 2 rings (SSSR count). The third-order valence-electron chi connectivity index (χ3n) is 3.16. The molecule has 1 aliphatic rings. The van der Waals surface area contributed by atoms with Crippen molar-refractivity contribution >= 4 is 11.5 Å². The van der Waals surface area contributed by atoms with Crippen molar-refractivity contribution in [3.8, 4) is 0 Å². The molecule has 82 valence electrons. The van der Waals surface area contributed by atoms with Crippen LogP contribution in [0.25, 0.3) is 0 Å². The second-order valence-corrected chi connectivity index (χ2v) is 4.20. The fourth-order valence-electron chi connectivity index (χ4n) is 1.92. The predicted molar refractivity (Wildman–Crippen MR) is 62.5 cm³/mol. The number of hydrogen-bond acceptors (Lipinski definition) is 4. The summed E-state index contributed by atoms with van der Waals surface area (Å²) in [6.45, 7) is 2.24. The van der Waals surface area contributed by atoms with E-state index in [0.29, 0.717) is 11.9 Å².